The smallest absolute Gasteiger partial charge is 0.223 e. The lowest BCUT2D eigenvalue weighted by atomic mass is 10.0. The van der Waals surface area contributed by atoms with Gasteiger partial charge in [0.1, 0.15) is 0 Å². The molecule has 2 aromatic rings. The molecule has 0 aromatic heterocycles. The number of hydrogen-bond donors (Lipinski definition) is 2. The summed E-state index contributed by atoms with van der Waals surface area (Å²) < 4.78 is 0. The molecule has 0 bridgehead atoms. The number of nitrogens with two attached hydrogens (primary N) is 1. The highest BCUT2D eigenvalue weighted by molar-refractivity contribution is 5.85. The Morgan fingerprint density at radius 2 is 1.95 bits per heavy atom. The number of rotatable bonds is 6. The fourth-order valence-corrected chi connectivity index (χ4v) is 2.90. The minimum Gasteiger partial charge on any atom is -0.356 e. The van der Waals surface area contributed by atoms with E-state index in [1.807, 2.05) is 0 Å². The Hall–Kier alpha value is -1.87. The zero-order chi connectivity index (χ0) is 14.7. The average Bonchev–Trinajstić information content (AvgIpc) is 3.31. The molecule has 3 heteroatoms. The van der Waals surface area contributed by atoms with Crippen molar-refractivity contribution in [2.24, 2.45) is 11.7 Å². The zero-order valence-electron chi connectivity index (χ0n) is 12.2. The Bertz CT molecular complexity index is 638. The maximum Gasteiger partial charge on any atom is 0.223 e. The standard InChI is InChI=1S/C18H22N2O/c19-9-3-4-10-20-18(21)17-12-16(17)15-8-7-13-5-1-2-6-14(13)11-15/h1-2,5-8,11,16-17H,3-4,9-10,12,19H2,(H,20,21). The van der Waals surface area contributed by atoms with E-state index in [1.54, 1.807) is 0 Å². The molecule has 1 aliphatic carbocycles. The van der Waals surface area contributed by atoms with Crippen LogP contribution >= 0.6 is 0 Å². The largest absolute Gasteiger partial charge is 0.356 e. The van der Waals surface area contributed by atoms with Gasteiger partial charge in [0.2, 0.25) is 5.91 Å². The summed E-state index contributed by atoms with van der Waals surface area (Å²) >= 11 is 0. The summed E-state index contributed by atoms with van der Waals surface area (Å²) in [6.45, 7) is 1.44. The van der Waals surface area contributed by atoms with Gasteiger partial charge >= 0.3 is 0 Å². The molecular weight excluding hydrogens is 260 g/mol. The van der Waals surface area contributed by atoms with Gasteiger partial charge < -0.3 is 11.1 Å². The van der Waals surface area contributed by atoms with E-state index in [-0.39, 0.29) is 11.8 Å². The van der Waals surface area contributed by atoms with Crippen LogP contribution in [0.5, 0.6) is 0 Å². The SMILES string of the molecule is NCCCCNC(=O)C1CC1c1ccc2ccccc2c1. The molecule has 3 nitrogen and oxygen atoms in total. The van der Waals surface area contributed by atoms with Gasteiger partial charge in [-0.15, -0.1) is 0 Å². The molecule has 1 aliphatic rings. The molecule has 3 rings (SSSR count). The van der Waals surface area contributed by atoms with E-state index in [1.165, 1.54) is 16.3 Å². The molecule has 2 atom stereocenters. The van der Waals surface area contributed by atoms with Gasteiger partial charge in [0, 0.05) is 12.5 Å². The number of nitrogens with one attached hydrogen (secondary N) is 1. The van der Waals surface area contributed by atoms with Crippen molar-refractivity contribution in [2.75, 3.05) is 13.1 Å². The Morgan fingerprint density at radius 3 is 2.76 bits per heavy atom. The summed E-state index contributed by atoms with van der Waals surface area (Å²) in [4.78, 5) is 12.1. The fourth-order valence-electron chi connectivity index (χ4n) is 2.90. The third-order valence-corrected chi connectivity index (χ3v) is 4.26. The first-order valence-corrected chi connectivity index (χ1v) is 7.76. The van der Waals surface area contributed by atoms with Crippen LogP contribution in [0.2, 0.25) is 0 Å². The number of carbonyl (C=O) groups is 1. The molecule has 0 radical (unpaired) electrons. The monoisotopic (exact) mass is 282 g/mol. The molecule has 0 aliphatic heterocycles. The Kier molecular flexibility index (Phi) is 4.20. The van der Waals surface area contributed by atoms with Gasteiger partial charge in [0.15, 0.2) is 0 Å². The van der Waals surface area contributed by atoms with Crippen molar-refractivity contribution in [3.63, 3.8) is 0 Å². The number of amides is 1. The minimum absolute atomic E-state index is 0.157. The van der Waals surface area contributed by atoms with Crippen molar-refractivity contribution < 1.29 is 4.79 Å². The third kappa shape index (κ3) is 3.24. The molecule has 0 heterocycles. The molecule has 0 spiro atoms. The van der Waals surface area contributed by atoms with Gasteiger partial charge in [-0.1, -0.05) is 42.5 Å². The molecule has 1 saturated carbocycles. The Labute approximate surface area is 125 Å². The first kappa shape index (κ1) is 14.1. The van der Waals surface area contributed by atoms with Gasteiger partial charge in [-0.3, -0.25) is 4.79 Å². The van der Waals surface area contributed by atoms with Crippen LogP contribution in [-0.2, 0) is 4.79 Å². The van der Waals surface area contributed by atoms with Gasteiger partial charge in [-0.2, -0.15) is 0 Å². The van der Waals surface area contributed by atoms with Crippen LogP contribution in [0, 0.1) is 5.92 Å². The van der Waals surface area contributed by atoms with E-state index >= 15 is 0 Å². The molecule has 1 fully saturated rings. The highest BCUT2D eigenvalue weighted by atomic mass is 16.2. The normalized spacial score (nSPS) is 20.4. The van der Waals surface area contributed by atoms with E-state index in [2.05, 4.69) is 47.8 Å². The first-order valence-electron chi connectivity index (χ1n) is 7.76. The lowest BCUT2D eigenvalue weighted by molar-refractivity contribution is -0.122. The molecule has 2 aromatic carbocycles. The number of fused-ring (bicyclic) bond motifs is 1. The predicted octanol–water partition coefficient (Wildman–Crippen LogP) is 2.80. The van der Waals surface area contributed by atoms with Crippen LogP contribution in [0.1, 0.15) is 30.7 Å². The second-order valence-corrected chi connectivity index (χ2v) is 5.84. The minimum atomic E-state index is 0.157. The van der Waals surface area contributed by atoms with Gasteiger partial charge in [-0.25, -0.2) is 0 Å². The Morgan fingerprint density at radius 1 is 1.14 bits per heavy atom. The lowest BCUT2D eigenvalue weighted by Gasteiger charge is -2.05. The van der Waals surface area contributed by atoms with Crippen molar-refractivity contribution in [1.82, 2.24) is 5.32 Å². The number of hydrogen-bond acceptors (Lipinski definition) is 2. The van der Waals surface area contributed by atoms with Gasteiger partial charge in [-0.05, 0) is 48.1 Å². The summed E-state index contributed by atoms with van der Waals surface area (Å²) in [6.07, 6.45) is 2.91. The molecule has 2 unspecified atom stereocenters. The second-order valence-electron chi connectivity index (χ2n) is 5.84. The van der Waals surface area contributed by atoms with Gasteiger partial charge in [0.05, 0.1) is 0 Å². The van der Waals surface area contributed by atoms with Crippen molar-refractivity contribution in [3.05, 3.63) is 48.0 Å². The summed E-state index contributed by atoms with van der Waals surface area (Å²) in [6, 6.07) is 14.9. The van der Waals surface area contributed by atoms with Crippen LogP contribution < -0.4 is 11.1 Å². The van der Waals surface area contributed by atoms with Crippen molar-refractivity contribution in [1.29, 1.82) is 0 Å². The van der Waals surface area contributed by atoms with Crippen LogP contribution in [0.25, 0.3) is 10.8 Å². The molecule has 21 heavy (non-hydrogen) atoms. The highest BCUT2D eigenvalue weighted by Gasteiger charge is 2.43. The number of carbonyl (C=O) groups excluding carboxylic acids is 1. The van der Waals surface area contributed by atoms with Crippen LogP contribution in [0.3, 0.4) is 0 Å². The van der Waals surface area contributed by atoms with E-state index < -0.39 is 0 Å². The summed E-state index contributed by atoms with van der Waals surface area (Å²) in [5.41, 5.74) is 6.74. The molecule has 110 valence electrons. The van der Waals surface area contributed by atoms with E-state index in [9.17, 15) is 4.79 Å². The summed E-state index contributed by atoms with van der Waals surface area (Å²) in [5.74, 6) is 0.748. The summed E-state index contributed by atoms with van der Waals surface area (Å²) in [5, 5.41) is 5.53. The second kappa shape index (κ2) is 6.27. The average molecular weight is 282 g/mol. The molecular formula is C18H22N2O. The summed E-state index contributed by atoms with van der Waals surface area (Å²) in [7, 11) is 0. The highest BCUT2D eigenvalue weighted by Crippen LogP contribution is 2.48. The van der Waals surface area contributed by atoms with Crippen molar-refractivity contribution in [2.45, 2.75) is 25.2 Å². The van der Waals surface area contributed by atoms with Crippen molar-refractivity contribution in [3.8, 4) is 0 Å². The quantitative estimate of drug-likeness (QED) is 0.800. The molecule has 0 saturated heterocycles. The van der Waals surface area contributed by atoms with Crippen LogP contribution in [0.15, 0.2) is 42.5 Å². The molecule has 3 N–H and O–H groups in total. The number of benzene rings is 2. The lowest BCUT2D eigenvalue weighted by Crippen LogP contribution is -2.26. The predicted molar refractivity (Wildman–Crippen MR) is 86.1 cm³/mol. The fraction of sp³-hybridized carbons (Fsp3) is 0.389. The first-order chi connectivity index (χ1) is 10.3. The third-order valence-electron chi connectivity index (χ3n) is 4.26. The van der Waals surface area contributed by atoms with Gasteiger partial charge in [0.25, 0.3) is 0 Å². The van der Waals surface area contributed by atoms with Crippen LogP contribution in [0.4, 0.5) is 0 Å². The molecule has 1 amide bonds. The maximum atomic E-state index is 12.1. The van der Waals surface area contributed by atoms with E-state index in [0.717, 1.165) is 25.8 Å². The zero-order valence-corrected chi connectivity index (χ0v) is 12.2. The van der Waals surface area contributed by atoms with E-state index in [0.29, 0.717) is 12.5 Å². The van der Waals surface area contributed by atoms with E-state index in [4.69, 9.17) is 5.73 Å². The van der Waals surface area contributed by atoms with Crippen molar-refractivity contribution >= 4 is 16.7 Å². The number of unbranched alkanes of at least 4 members (excludes halogenated alkanes) is 1. The maximum absolute atomic E-state index is 12.1. The van der Waals surface area contributed by atoms with Crippen LogP contribution in [-0.4, -0.2) is 19.0 Å². The topological polar surface area (TPSA) is 55.1 Å². The Balaban J connectivity index is 1.59.